The molecule has 2 nitrogen and oxygen atoms in total. The van der Waals surface area contributed by atoms with E-state index in [2.05, 4.69) is 83.4 Å². The van der Waals surface area contributed by atoms with E-state index in [4.69, 9.17) is 12.2 Å². The first-order chi connectivity index (χ1) is 12.1. The van der Waals surface area contributed by atoms with Gasteiger partial charge in [-0.1, -0.05) is 38.1 Å². The van der Waals surface area contributed by atoms with Gasteiger partial charge in [-0.15, -0.1) is 22.7 Å². The number of hydrogen-bond acceptors (Lipinski definition) is 3. The molecule has 1 N–H and O–H groups in total. The van der Waals surface area contributed by atoms with Crippen molar-refractivity contribution in [2.24, 2.45) is 0 Å². The zero-order valence-corrected chi connectivity index (χ0v) is 16.9. The van der Waals surface area contributed by atoms with E-state index in [1.54, 1.807) is 22.7 Å². The van der Waals surface area contributed by atoms with Crippen LogP contribution in [0.3, 0.4) is 0 Å². The van der Waals surface area contributed by atoms with Crippen LogP contribution < -0.4 is 5.32 Å². The second kappa shape index (κ2) is 8.61. The molecule has 3 aromatic rings. The largest absolute Gasteiger partial charge is 0.339 e. The fourth-order valence-electron chi connectivity index (χ4n) is 2.53. The summed E-state index contributed by atoms with van der Waals surface area (Å²) in [6.07, 6.45) is 0. The Morgan fingerprint density at radius 2 is 1.52 bits per heavy atom. The lowest BCUT2D eigenvalue weighted by atomic mass is 10.0. The molecule has 0 saturated carbocycles. The Balaban J connectivity index is 1.71. The summed E-state index contributed by atoms with van der Waals surface area (Å²) in [6, 6.07) is 17.0. The van der Waals surface area contributed by atoms with Crippen LogP contribution in [0.1, 0.15) is 35.1 Å². The van der Waals surface area contributed by atoms with Gasteiger partial charge in [0.1, 0.15) is 0 Å². The van der Waals surface area contributed by atoms with Crippen LogP contribution in [0.4, 0.5) is 5.69 Å². The molecule has 0 aliphatic carbocycles. The van der Waals surface area contributed by atoms with Crippen molar-refractivity contribution in [3.8, 4) is 0 Å². The molecule has 0 bridgehead atoms. The number of hydrogen-bond donors (Lipinski definition) is 1. The van der Waals surface area contributed by atoms with Gasteiger partial charge in [0.2, 0.25) is 0 Å². The number of nitrogens with one attached hydrogen (secondary N) is 1. The molecule has 2 heterocycles. The van der Waals surface area contributed by atoms with Crippen molar-refractivity contribution in [3.05, 3.63) is 74.6 Å². The molecule has 3 rings (SSSR count). The minimum atomic E-state index is 0.537. The fraction of sp³-hybridized carbons (Fsp3) is 0.250. The van der Waals surface area contributed by atoms with Gasteiger partial charge in [-0.2, -0.15) is 0 Å². The molecule has 0 radical (unpaired) electrons. The predicted octanol–water partition coefficient (Wildman–Crippen LogP) is 6.33. The minimum Gasteiger partial charge on any atom is -0.339 e. The monoisotopic (exact) mass is 386 g/mol. The molecule has 0 amide bonds. The third-order valence-electron chi connectivity index (χ3n) is 3.97. The number of benzene rings is 1. The van der Waals surface area contributed by atoms with Gasteiger partial charge in [-0.05, 0) is 58.7 Å². The number of thiophene rings is 2. The summed E-state index contributed by atoms with van der Waals surface area (Å²) in [7, 11) is 0. The highest BCUT2D eigenvalue weighted by atomic mass is 32.1. The predicted molar refractivity (Wildman–Crippen MR) is 115 cm³/mol. The van der Waals surface area contributed by atoms with Gasteiger partial charge in [0, 0.05) is 15.4 Å². The summed E-state index contributed by atoms with van der Waals surface area (Å²) in [5.41, 5.74) is 2.38. The lowest BCUT2D eigenvalue weighted by molar-refractivity contribution is 0.420. The van der Waals surface area contributed by atoms with Crippen LogP contribution in [0.15, 0.2) is 59.3 Å². The van der Waals surface area contributed by atoms with E-state index in [9.17, 15) is 0 Å². The SMILES string of the molecule is CC(C)c1ccc(NC(=S)N(Cc2cccs2)Cc2cccs2)cc1. The van der Waals surface area contributed by atoms with E-state index in [0.717, 1.165) is 23.9 Å². The van der Waals surface area contributed by atoms with Crippen molar-refractivity contribution in [1.29, 1.82) is 0 Å². The standard InChI is InChI=1S/C20H22N2S3/c1-15(2)16-7-9-17(10-8-16)21-20(23)22(13-18-5-3-11-24-18)14-19-6-4-12-25-19/h3-12,15H,13-14H2,1-2H3,(H,21,23). The molecule has 5 heteroatoms. The summed E-state index contributed by atoms with van der Waals surface area (Å²) in [5, 5.41) is 8.38. The molecule has 0 aliphatic rings. The lowest BCUT2D eigenvalue weighted by Gasteiger charge is -2.25. The quantitative estimate of drug-likeness (QED) is 0.498. The van der Waals surface area contributed by atoms with Gasteiger partial charge in [0.15, 0.2) is 5.11 Å². The van der Waals surface area contributed by atoms with Crippen LogP contribution in [0.5, 0.6) is 0 Å². The molecule has 25 heavy (non-hydrogen) atoms. The molecule has 1 aromatic carbocycles. The molecule has 0 spiro atoms. The minimum absolute atomic E-state index is 0.537. The average molecular weight is 387 g/mol. The Kier molecular flexibility index (Phi) is 6.24. The molecule has 2 aromatic heterocycles. The van der Waals surface area contributed by atoms with Crippen molar-refractivity contribution in [3.63, 3.8) is 0 Å². The molecule has 0 unspecified atom stereocenters. The third kappa shape index (κ3) is 5.14. The summed E-state index contributed by atoms with van der Waals surface area (Å²) in [6.45, 7) is 6.06. The highest BCUT2D eigenvalue weighted by Crippen LogP contribution is 2.20. The summed E-state index contributed by atoms with van der Waals surface area (Å²) >= 11 is 9.25. The smallest absolute Gasteiger partial charge is 0.174 e. The number of anilines is 1. The Hall–Kier alpha value is -1.69. The maximum absolute atomic E-state index is 5.71. The normalized spacial score (nSPS) is 10.8. The van der Waals surface area contributed by atoms with E-state index in [0.29, 0.717) is 5.92 Å². The average Bonchev–Trinajstić information content (AvgIpc) is 3.28. The zero-order valence-electron chi connectivity index (χ0n) is 14.4. The van der Waals surface area contributed by atoms with Gasteiger partial charge in [0.05, 0.1) is 13.1 Å². The molecular weight excluding hydrogens is 364 g/mol. The van der Waals surface area contributed by atoms with Crippen molar-refractivity contribution in [2.45, 2.75) is 32.9 Å². The second-order valence-corrected chi connectivity index (χ2v) is 8.67. The van der Waals surface area contributed by atoms with E-state index in [1.165, 1.54) is 15.3 Å². The molecular formula is C20H22N2S3. The van der Waals surface area contributed by atoms with Crippen LogP contribution in [0.2, 0.25) is 0 Å². The van der Waals surface area contributed by atoms with Crippen LogP contribution in [-0.4, -0.2) is 10.0 Å². The topological polar surface area (TPSA) is 15.3 Å². The lowest BCUT2D eigenvalue weighted by Crippen LogP contribution is -2.33. The Bertz CT molecular complexity index is 739. The highest BCUT2D eigenvalue weighted by Gasteiger charge is 2.13. The van der Waals surface area contributed by atoms with Crippen LogP contribution in [0.25, 0.3) is 0 Å². The van der Waals surface area contributed by atoms with Gasteiger partial charge in [-0.3, -0.25) is 0 Å². The molecule has 0 aliphatic heterocycles. The van der Waals surface area contributed by atoms with E-state index in [1.807, 2.05) is 0 Å². The summed E-state index contributed by atoms with van der Waals surface area (Å²) in [4.78, 5) is 4.86. The van der Waals surface area contributed by atoms with Gasteiger partial charge >= 0.3 is 0 Å². The molecule has 0 saturated heterocycles. The van der Waals surface area contributed by atoms with E-state index in [-0.39, 0.29) is 0 Å². The fourth-order valence-corrected chi connectivity index (χ4v) is 4.22. The number of nitrogens with zero attached hydrogens (tertiary/aromatic N) is 1. The summed E-state index contributed by atoms with van der Waals surface area (Å²) in [5.74, 6) is 0.537. The molecule has 0 atom stereocenters. The van der Waals surface area contributed by atoms with Crippen molar-refractivity contribution in [1.82, 2.24) is 4.90 Å². The zero-order chi connectivity index (χ0) is 17.6. The maximum atomic E-state index is 5.71. The van der Waals surface area contributed by atoms with Crippen molar-refractivity contribution < 1.29 is 0 Å². The first kappa shape index (κ1) is 18.1. The van der Waals surface area contributed by atoms with Crippen molar-refractivity contribution in [2.75, 3.05) is 5.32 Å². The Labute approximate surface area is 163 Å². The number of thiocarbonyl (C=S) groups is 1. The Morgan fingerprint density at radius 1 is 0.960 bits per heavy atom. The van der Waals surface area contributed by atoms with Crippen molar-refractivity contribution >= 4 is 45.7 Å². The molecule has 0 fully saturated rings. The van der Waals surface area contributed by atoms with Gasteiger partial charge in [-0.25, -0.2) is 0 Å². The van der Waals surface area contributed by atoms with E-state index < -0.39 is 0 Å². The van der Waals surface area contributed by atoms with Crippen LogP contribution in [0, 0.1) is 0 Å². The van der Waals surface area contributed by atoms with Crippen LogP contribution >= 0.6 is 34.9 Å². The highest BCUT2D eigenvalue weighted by molar-refractivity contribution is 7.80. The Morgan fingerprint density at radius 3 is 1.96 bits per heavy atom. The van der Waals surface area contributed by atoms with E-state index >= 15 is 0 Å². The maximum Gasteiger partial charge on any atom is 0.174 e. The molecule has 130 valence electrons. The van der Waals surface area contributed by atoms with Gasteiger partial charge < -0.3 is 10.2 Å². The second-order valence-electron chi connectivity index (χ2n) is 6.22. The first-order valence-electron chi connectivity index (χ1n) is 8.32. The summed E-state index contributed by atoms with van der Waals surface area (Å²) < 4.78 is 0. The van der Waals surface area contributed by atoms with Gasteiger partial charge in [0.25, 0.3) is 0 Å². The van der Waals surface area contributed by atoms with Crippen LogP contribution in [-0.2, 0) is 13.1 Å². The first-order valence-corrected chi connectivity index (χ1v) is 10.5. The number of rotatable bonds is 6. The third-order valence-corrected chi connectivity index (χ3v) is 6.05.